The molecule has 0 unspecified atom stereocenters. The predicted molar refractivity (Wildman–Crippen MR) is 53.8 cm³/mol. The van der Waals surface area contributed by atoms with Crippen LogP contribution in [0.3, 0.4) is 0 Å². The van der Waals surface area contributed by atoms with Crippen molar-refractivity contribution in [3.8, 4) is 6.07 Å². The Labute approximate surface area is 85.4 Å². The summed E-state index contributed by atoms with van der Waals surface area (Å²) in [6.45, 7) is 1.14. The fourth-order valence-corrected chi connectivity index (χ4v) is 2.30. The van der Waals surface area contributed by atoms with E-state index in [0.29, 0.717) is 19.3 Å². The summed E-state index contributed by atoms with van der Waals surface area (Å²) in [6, 6.07) is 2.89. The zero-order valence-corrected chi connectivity index (χ0v) is 8.59. The van der Waals surface area contributed by atoms with Gasteiger partial charge >= 0.3 is 0 Å². The smallest absolute Gasteiger partial charge is 0.153 e. The topological polar surface area (TPSA) is 45.0 Å². The monoisotopic (exact) mass is 194 g/mol. The lowest BCUT2D eigenvalue weighted by atomic mass is 9.96. The highest BCUT2D eigenvalue weighted by Gasteiger charge is 2.40. The molecule has 1 heterocycles. The molecule has 0 amide bonds. The quantitative estimate of drug-likeness (QED) is 0.679. The Balaban J connectivity index is 1.86. The van der Waals surface area contributed by atoms with Crippen LogP contribution < -0.4 is 5.32 Å². The Hall–Kier alpha value is -0.590. The number of nitriles is 1. The molecule has 1 saturated carbocycles. The van der Waals surface area contributed by atoms with Gasteiger partial charge in [0.15, 0.2) is 5.54 Å². The third kappa shape index (κ3) is 2.08. The molecule has 1 aliphatic carbocycles. The molecule has 1 saturated heterocycles. The second kappa shape index (κ2) is 4.29. The van der Waals surface area contributed by atoms with Crippen molar-refractivity contribution in [3.63, 3.8) is 0 Å². The molecule has 2 fully saturated rings. The van der Waals surface area contributed by atoms with Crippen molar-refractivity contribution in [2.75, 3.05) is 13.2 Å². The highest BCUT2D eigenvalue weighted by molar-refractivity contribution is 5.13. The first-order chi connectivity index (χ1) is 6.85. The summed E-state index contributed by atoms with van der Waals surface area (Å²) in [5, 5.41) is 12.5. The summed E-state index contributed by atoms with van der Waals surface area (Å²) >= 11 is 0. The highest BCUT2D eigenvalue weighted by Crippen LogP contribution is 2.22. The lowest BCUT2D eigenvalue weighted by Crippen LogP contribution is -2.62. The van der Waals surface area contributed by atoms with Crippen LogP contribution in [0.2, 0.25) is 0 Å². The third-order valence-electron chi connectivity index (χ3n) is 3.25. The summed E-state index contributed by atoms with van der Waals surface area (Å²) in [4.78, 5) is 0. The Bertz CT molecular complexity index is 222. The van der Waals surface area contributed by atoms with E-state index in [1.54, 1.807) is 0 Å². The van der Waals surface area contributed by atoms with E-state index in [4.69, 9.17) is 10.00 Å². The second-order valence-corrected chi connectivity index (χ2v) is 4.52. The predicted octanol–water partition coefficient (Wildman–Crippen LogP) is 1.59. The van der Waals surface area contributed by atoms with Crippen LogP contribution in [0.5, 0.6) is 0 Å². The summed E-state index contributed by atoms with van der Waals surface area (Å²) in [6.07, 6.45) is 7.77. The maximum absolute atomic E-state index is 9.04. The number of nitrogens with one attached hydrogen (secondary N) is 1. The number of rotatable bonds is 2. The molecule has 0 radical (unpaired) electrons. The van der Waals surface area contributed by atoms with Crippen molar-refractivity contribution < 1.29 is 4.74 Å². The SMILES string of the molecule is N#CC1(NC2CCCCCC2)COC1. The minimum atomic E-state index is -0.352. The molecule has 78 valence electrons. The van der Waals surface area contributed by atoms with E-state index in [0.717, 1.165) is 0 Å². The van der Waals surface area contributed by atoms with Crippen molar-refractivity contribution >= 4 is 0 Å². The van der Waals surface area contributed by atoms with Gasteiger partial charge in [-0.15, -0.1) is 0 Å². The number of hydrogen-bond acceptors (Lipinski definition) is 3. The molecule has 3 heteroatoms. The Morgan fingerprint density at radius 1 is 1.14 bits per heavy atom. The summed E-state index contributed by atoms with van der Waals surface area (Å²) in [5.74, 6) is 0. The van der Waals surface area contributed by atoms with E-state index in [2.05, 4.69) is 11.4 Å². The van der Waals surface area contributed by atoms with Crippen molar-refractivity contribution in [2.45, 2.75) is 50.1 Å². The van der Waals surface area contributed by atoms with E-state index in [-0.39, 0.29) is 5.54 Å². The van der Waals surface area contributed by atoms with E-state index < -0.39 is 0 Å². The standard InChI is InChI=1S/C11H18N2O/c12-7-11(8-14-9-11)13-10-5-3-1-2-4-6-10/h10,13H,1-6,8-9H2. The van der Waals surface area contributed by atoms with Crippen LogP contribution in [0.4, 0.5) is 0 Å². The molecule has 1 N–H and O–H groups in total. The first kappa shape index (κ1) is 9.95. The molecule has 14 heavy (non-hydrogen) atoms. The summed E-state index contributed by atoms with van der Waals surface area (Å²) in [5.41, 5.74) is -0.352. The fraction of sp³-hybridized carbons (Fsp3) is 0.909. The van der Waals surface area contributed by atoms with Crippen LogP contribution in [-0.4, -0.2) is 24.8 Å². The lowest BCUT2D eigenvalue weighted by Gasteiger charge is -2.38. The largest absolute Gasteiger partial charge is 0.375 e. The maximum Gasteiger partial charge on any atom is 0.153 e. The zero-order valence-electron chi connectivity index (χ0n) is 8.59. The van der Waals surface area contributed by atoms with Gasteiger partial charge in [-0.3, -0.25) is 5.32 Å². The van der Waals surface area contributed by atoms with Gasteiger partial charge in [0.25, 0.3) is 0 Å². The molecule has 0 aromatic rings. The minimum absolute atomic E-state index is 0.352. The molecule has 0 atom stereocenters. The van der Waals surface area contributed by atoms with Crippen LogP contribution in [0.1, 0.15) is 38.5 Å². The lowest BCUT2D eigenvalue weighted by molar-refractivity contribution is -0.0495. The summed E-state index contributed by atoms with van der Waals surface area (Å²) in [7, 11) is 0. The van der Waals surface area contributed by atoms with Crippen molar-refractivity contribution in [3.05, 3.63) is 0 Å². The van der Waals surface area contributed by atoms with Gasteiger partial charge in [-0.1, -0.05) is 25.7 Å². The van der Waals surface area contributed by atoms with Gasteiger partial charge in [0.05, 0.1) is 19.3 Å². The molecular formula is C11H18N2O. The Morgan fingerprint density at radius 3 is 2.21 bits per heavy atom. The molecule has 1 aliphatic heterocycles. The minimum Gasteiger partial charge on any atom is -0.375 e. The van der Waals surface area contributed by atoms with Crippen LogP contribution >= 0.6 is 0 Å². The molecule has 3 nitrogen and oxygen atoms in total. The van der Waals surface area contributed by atoms with Crippen LogP contribution in [-0.2, 0) is 4.74 Å². The van der Waals surface area contributed by atoms with E-state index in [1.807, 2.05) is 0 Å². The molecular weight excluding hydrogens is 176 g/mol. The van der Waals surface area contributed by atoms with Gasteiger partial charge in [-0.25, -0.2) is 0 Å². The molecule has 2 aliphatic rings. The molecule has 2 rings (SSSR count). The van der Waals surface area contributed by atoms with Crippen molar-refractivity contribution in [1.82, 2.24) is 5.32 Å². The Kier molecular flexibility index (Phi) is 3.05. The third-order valence-corrected chi connectivity index (χ3v) is 3.25. The van der Waals surface area contributed by atoms with E-state index in [9.17, 15) is 0 Å². The van der Waals surface area contributed by atoms with E-state index >= 15 is 0 Å². The number of ether oxygens (including phenoxy) is 1. The van der Waals surface area contributed by atoms with Gasteiger partial charge in [0, 0.05) is 6.04 Å². The average Bonchev–Trinajstić information content (AvgIpc) is 2.39. The molecule has 0 aromatic carbocycles. The summed E-state index contributed by atoms with van der Waals surface area (Å²) < 4.78 is 5.12. The molecule has 0 spiro atoms. The number of hydrogen-bond donors (Lipinski definition) is 1. The molecule has 0 bridgehead atoms. The van der Waals surface area contributed by atoms with Crippen LogP contribution in [0.25, 0.3) is 0 Å². The normalized spacial score (nSPS) is 27.4. The van der Waals surface area contributed by atoms with Crippen LogP contribution in [0.15, 0.2) is 0 Å². The van der Waals surface area contributed by atoms with Gasteiger partial charge in [0.1, 0.15) is 0 Å². The van der Waals surface area contributed by atoms with Crippen molar-refractivity contribution in [1.29, 1.82) is 5.26 Å². The van der Waals surface area contributed by atoms with E-state index in [1.165, 1.54) is 38.5 Å². The molecule has 0 aromatic heterocycles. The van der Waals surface area contributed by atoms with Crippen LogP contribution in [0, 0.1) is 11.3 Å². The van der Waals surface area contributed by atoms with Gasteiger partial charge in [0.2, 0.25) is 0 Å². The Morgan fingerprint density at radius 2 is 1.79 bits per heavy atom. The maximum atomic E-state index is 9.04. The first-order valence-electron chi connectivity index (χ1n) is 5.61. The highest BCUT2D eigenvalue weighted by atomic mass is 16.5. The van der Waals surface area contributed by atoms with Crippen molar-refractivity contribution in [2.24, 2.45) is 0 Å². The fourth-order valence-electron chi connectivity index (χ4n) is 2.30. The number of nitrogens with zero attached hydrogens (tertiary/aromatic N) is 1. The van der Waals surface area contributed by atoms with Gasteiger partial charge in [-0.05, 0) is 12.8 Å². The zero-order chi connectivity index (χ0) is 9.86. The van der Waals surface area contributed by atoms with Gasteiger partial charge < -0.3 is 4.74 Å². The second-order valence-electron chi connectivity index (χ2n) is 4.52. The van der Waals surface area contributed by atoms with Gasteiger partial charge in [-0.2, -0.15) is 5.26 Å². The average molecular weight is 194 g/mol. The first-order valence-corrected chi connectivity index (χ1v) is 5.61.